The lowest BCUT2D eigenvalue weighted by Crippen LogP contribution is -2.31. The Hall–Kier alpha value is -3.38. The molecular weight excluding hydrogens is 404 g/mol. The Bertz CT molecular complexity index is 1080. The summed E-state index contributed by atoms with van der Waals surface area (Å²) in [6, 6.07) is 16.9. The normalized spacial score (nSPS) is 11.6. The number of hydrogen-bond acceptors (Lipinski definition) is 4. The zero-order valence-corrected chi connectivity index (χ0v) is 17.3. The van der Waals surface area contributed by atoms with E-state index in [1.165, 1.54) is 7.11 Å². The van der Waals surface area contributed by atoms with Crippen LogP contribution in [0.5, 0.6) is 5.75 Å². The van der Waals surface area contributed by atoms with Crippen molar-refractivity contribution in [3.63, 3.8) is 0 Å². The van der Waals surface area contributed by atoms with E-state index in [1.54, 1.807) is 36.4 Å². The number of methoxy groups -OCH3 is 1. The molecule has 1 heterocycles. The Labute approximate surface area is 179 Å². The number of carbonyl (C=O) groups excluding carboxylic acids is 1. The molecule has 30 heavy (non-hydrogen) atoms. The van der Waals surface area contributed by atoms with Crippen LogP contribution in [0.2, 0.25) is 5.02 Å². The average Bonchev–Trinajstić information content (AvgIpc) is 2.73. The standard InChI is InChI=1S/C23H21ClN2O4/c1-14-6-3-4-7-16(14)20(13-22(27)28)26-23(29)19-9-5-8-18(25-19)17-11-10-15(24)12-21(17)30-2/h3-12,20H,13H2,1-2H3,(H,26,29)(H,27,28). The molecule has 0 fully saturated rings. The number of benzene rings is 2. The lowest BCUT2D eigenvalue weighted by Gasteiger charge is -2.19. The summed E-state index contributed by atoms with van der Waals surface area (Å²) in [7, 11) is 1.53. The fourth-order valence-corrected chi connectivity index (χ4v) is 3.37. The van der Waals surface area contributed by atoms with Crippen LogP contribution in [0.15, 0.2) is 60.7 Å². The van der Waals surface area contributed by atoms with Crippen LogP contribution in [0.4, 0.5) is 0 Å². The quantitative estimate of drug-likeness (QED) is 0.575. The lowest BCUT2D eigenvalue weighted by atomic mass is 9.98. The van der Waals surface area contributed by atoms with E-state index in [4.69, 9.17) is 16.3 Å². The van der Waals surface area contributed by atoms with Gasteiger partial charge in [0.05, 0.1) is 25.3 Å². The van der Waals surface area contributed by atoms with Crippen LogP contribution in [0.25, 0.3) is 11.3 Å². The number of halogens is 1. The number of aryl methyl sites for hydroxylation is 1. The molecule has 0 spiro atoms. The number of rotatable bonds is 7. The monoisotopic (exact) mass is 424 g/mol. The topological polar surface area (TPSA) is 88.5 Å². The van der Waals surface area contributed by atoms with Gasteiger partial charge in [-0.15, -0.1) is 0 Å². The summed E-state index contributed by atoms with van der Waals surface area (Å²) in [6.45, 7) is 1.88. The van der Waals surface area contributed by atoms with E-state index >= 15 is 0 Å². The number of aromatic nitrogens is 1. The van der Waals surface area contributed by atoms with Gasteiger partial charge in [-0.25, -0.2) is 4.98 Å². The lowest BCUT2D eigenvalue weighted by molar-refractivity contribution is -0.137. The maximum absolute atomic E-state index is 12.9. The predicted octanol–water partition coefficient (Wildman–Crippen LogP) is 4.66. The maximum Gasteiger partial charge on any atom is 0.305 e. The van der Waals surface area contributed by atoms with Crippen LogP contribution in [0.3, 0.4) is 0 Å². The number of ether oxygens (including phenoxy) is 1. The van der Waals surface area contributed by atoms with Crippen LogP contribution in [0, 0.1) is 6.92 Å². The van der Waals surface area contributed by atoms with Crippen molar-refractivity contribution in [2.45, 2.75) is 19.4 Å². The Morgan fingerprint density at radius 2 is 1.90 bits per heavy atom. The van der Waals surface area contributed by atoms with Gasteiger partial charge in [-0.3, -0.25) is 9.59 Å². The zero-order valence-electron chi connectivity index (χ0n) is 16.6. The highest BCUT2D eigenvalue weighted by atomic mass is 35.5. The summed E-state index contributed by atoms with van der Waals surface area (Å²) in [5.74, 6) is -0.924. The summed E-state index contributed by atoms with van der Waals surface area (Å²) >= 11 is 6.02. The van der Waals surface area contributed by atoms with E-state index < -0.39 is 17.9 Å². The Kier molecular flexibility index (Phi) is 6.69. The smallest absolute Gasteiger partial charge is 0.305 e. The molecule has 1 amide bonds. The zero-order chi connectivity index (χ0) is 21.7. The van der Waals surface area contributed by atoms with Crippen LogP contribution in [-0.4, -0.2) is 29.1 Å². The third kappa shape index (κ3) is 4.96. The molecule has 3 aromatic rings. The summed E-state index contributed by atoms with van der Waals surface area (Å²) < 4.78 is 5.37. The first-order chi connectivity index (χ1) is 14.4. The molecule has 0 aliphatic rings. The van der Waals surface area contributed by atoms with Crippen molar-refractivity contribution in [3.8, 4) is 17.0 Å². The fourth-order valence-electron chi connectivity index (χ4n) is 3.21. The Morgan fingerprint density at radius 1 is 1.13 bits per heavy atom. The van der Waals surface area contributed by atoms with Gasteiger partial charge in [0, 0.05) is 10.6 Å². The molecule has 0 radical (unpaired) electrons. The van der Waals surface area contributed by atoms with Crippen LogP contribution in [-0.2, 0) is 4.79 Å². The number of amides is 1. The molecule has 7 heteroatoms. The van der Waals surface area contributed by atoms with Crippen molar-refractivity contribution in [3.05, 3.63) is 82.5 Å². The van der Waals surface area contributed by atoms with Crippen molar-refractivity contribution < 1.29 is 19.4 Å². The molecule has 154 valence electrons. The van der Waals surface area contributed by atoms with Crippen molar-refractivity contribution >= 4 is 23.5 Å². The second kappa shape index (κ2) is 9.41. The molecule has 0 saturated heterocycles. The number of hydrogen-bond donors (Lipinski definition) is 2. The number of carboxylic acid groups (broad SMARTS) is 1. The minimum atomic E-state index is -1.00. The summed E-state index contributed by atoms with van der Waals surface area (Å²) in [4.78, 5) is 28.7. The molecule has 6 nitrogen and oxygen atoms in total. The van der Waals surface area contributed by atoms with Crippen molar-refractivity contribution in [2.24, 2.45) is 0 Å². The second-order valence-electron chi connectivity index (χ2n) is 6.73. The van der Waals surface area contributed by atoms with Crippen molar-refractivity contribution in [2.75, 3.05) is 7.11 Å². The van der Waals surface area contributed by atoms with Gasteiger partial charge in [0.2, 0.25) is 0 Å². The summed E-state index contributed by atoms with van der Waals surface area (Å²) in [5, 5.41) is 12.6. The first kappa shape index (κ1) is 21.3. The fraction of sp³-hybridized carbons (Fsp3) is 0.174. The van der Waals surface area contributed by atoms with Crippen molar-refractivity contribution in [1.82, 2.24) is 10.3 Å². The van der Waals surface area contributed by atoms with Gasteiger partial charge in [-0.2, -0.15) is 0 Å². The maximum atomic E-state index is 12.9. The number of pyridine rings is 1. The molecular formula is C23H21ClN2O4. The van der Waals surface area contributed by atoms with E-state index in [0.29, 0.717) is 22.0 Å². The summed E-state index contributed by atoms with van der Waals surface area (Å²) in [5.41, 5.74) is 3.06. The van der Waals surface area contributed by atoms with Crippen LogP contribution < -0.4 is 10.1 Å². The first-order valence-corrected chi connectivity index (χ1v) is 9.66. The molecule has 1 atom stereocenters. The van der Waals surface area contributed by atoms with E-state index in [9.17, 15) is 14.7 Å². The molecule has 1 unspecified atom stereocenters. The Morgan fingerprint density at radius 3 is 2.60 bits per heavy atom. The van der Waals surface area contributed by atoms with Gasteiger partial charge in [0.25, 0.3) is 5.91 Å². The highest BCUT2D eigenvalue weighted by molar-refractivity contribution is 6.30. The van der Waals surface area contributed by atoms with Crippen LogP contribution in [0.1, 0.15) is 34.1 Å². The van der Waals surface area contributed by atoms with E-state index in [1.807, 2.05) is 31.2 Å². The molecule has 0 aliphatic heterocycles. The van der Waals surface area contributed by atoms with Crippen molar-refractivity contribution in [1.29, 1.82) is 0 Å². The summed E-state index contributed by atoms with van der Waals surface area (Å²) in [6.07, 6.45) is -0.235. The number of carbonyl (C=O) groups is 2. The van der Waals surface area contributed by atoms with Gasteiger partial charge in [-0.1, -0.05) is 41.9 Å². The van der Waals surface area contributed by atoms with Gasteiger partial charge >= 0.3 is 5.97 Å². The van der Waals surface area contributed by atoms with E-state index in [0.717, 1.165) is 11.1 Å². The third-order valence-corrected chi connectivity index (χ3v) is 4.90. The predicted molar refractivity (Wildman–Crippen MR) is 115 cm³/mol. The Balaban J connectivity index is 1.90. The molecule has 0 aliphatic carbocycles. The minimum Gasteiger partial charge on any atom is -0.496 e. The largest absolute Gasteiger partial charge is 0.496 e. The number of nitrogens with one attached hydrogen (secondary N) is 1. The highest BCUT2D eigenvalue weighted by Gasteiger charge is 2.21. The number of nitrogens with zero attached hydrogens (tertiary/aromatic N) is 1. The molecule has 2 aromatic carbocycles. The van der Waals surface area contributed by atoms with Gasteiger partial charge in [-0.05, 0) is 48.4 Å². The van der Waals surface area contributed by atoms with Gasteiger partial charge in [0.1, 0.15) is 11.4 Å². The molecule has 0 saturated carbocycles. The van der Waals surface area contributed by atoms with Crippen LogP contribution >= 0.6 is 11.6 Å². The molecule has 1 aromatic heterocycles. The van der Waals surface area contributed by atoms with Gasteiger partial charge in [0.15, 0.2) is 0 Å². The highest BCUT2D eigenvalue weighted by Crippen LogP contribution is 2.31. The molecule has 0 bridgehead atoms. The number of carboxylic acids is 1. The molecule has 2 N–H and O–H groups in total. The average molecular weight is 425 g/mol. The van der Waals surface area contributed by atoms with E-state index in [2.05, 4.69) is 10.3 Å². The van der Waals surface area contributed by atoms with E-state index in [-0.39, 0.29) is 12.1 Å². The first-order valence-electron chi connectivity index (χ1n) is 9.28. The number of aliphatic carboxylic acids is 1. The third-order valence-electron chi connectivity index (χ3n) is 4.67. The molecule has 3 rings (SSSR count). The van der Waals surface area contributed by atoms with Gasteiger partial charge < -0.3 is 15.2 Å². The second-order valence-corrected chi connectivity index (χ2v) is 7.17. The SMILES string of the molecule is COc1cc(Cl)ccc1-c1cccc(C(=O)NC(CC(=O)O)c2ccccc2C)n1. The minimum absolute atomic E-state index is 0.175.